The van der Waals surface area contributed by atoms with Crippen molar-refractivity contribution in [3.8, 4) is 28.5 Å². The number of rotatable bonds is 6. The molecular weight excluding hydrogens is 402 g/mol. The van der Waals surface area contributed by atoms with Crippen molar-refractivity contribution < 1.29 is 19.0 Å². The molecule has 1 amide bonds. The van der Waals surface area contributed by atoms with Gasteiger partial charge in [-0.25, -0.2) is 4.98 Å². The van der Waals surface area contributed by atoms with E-state index in [1.807, 2.05) is 30.5 Å². The SMILES string of the molecule is COc1cc(C(=O)Nc2ccc(-c3cn4c(C)csc4n3)cc2)cc(OC)c1OC. The number of hydrogen-bond donors (Lipinski definition) is 1. The molecule has 0 fully saturated rings. The lowest BCUT2D eigenvalue weighted by atomic mass is 10.1. The minimum absolute atomic E-state index is 0.278. The van der Waals surface area contributed by atoms with Gasteiger partial charge in [0.05, 0.1) is 27.0 Å². The Morgan fingerprint density at radius 2 is 1.70 bits per heavy atom. The van der Waals surface area contributed by atoms with E-state index in [1.165, 1.54) is 21.3 Å². The van der Waals surface area contributed by atoms with Crippen LogP contribution in [0.15, 0.2) is 48.0 Å². The third-order valence-corrected chi connectivity index (χ3v) is 5.71. The van der Waals surface area contributed by atoms with Gasteiger partial charge in [0.2, 0.25) is 5.75 Å². The lowest BCUT2D eigenvalue weighted by Gasteiger charge is -2.14. The number of hydrogen-bond acceptors (Lipinski definition) is 6. The van der Waals surface area contributed by atoms with Crippen LogP contribution < -0.4 is 19.5 Å². The third-order valence-electron chi connectivity index (χ3n) is 4.75. The minimum Gasteiger partial charge on any atom is -0.493 e. The summed E-state index contributed by atoms with van der Waals surface area (Å²) in [7, 11) is 4.55. The van der Waals surface area contributed by atoms with Crippen molar-refractivity contribution >= 4 is 27.9 Å². The van der Waals surface area contributed by atoms with Crippen molar-refractivity contribution in [1.29, 1.82) is 0 Å². The van der Waals surface area contributed by atoms with Crippen LogP contribution in [-0.2, 0) is 0 Å². The number of methoxy groups -OCH3 is 3. The molecular formula is C22H21N3O4S. The second-order valence-electron chi connectivity index (χ2n) is 6.60. The summed E-state index contributed by atoms with van der Waals surface area (Å²) in [4.78, 5) is 18.4. The van der Waals surface area contributed by atoms with E-state index in [2.05, 4.69) is 27.0 Å². The van der Waals surface area contributed by atoms with Crippen molar-refractivity contribution in [2.75, 3.05) is 26.6 Å². The van der Waals surface area contributed by atoms with E-state index >= 15 is 0 Å². The van der Waals surface area contributed by atoms with Gasteiger partial charge in [-0.1, -0.05) is 12.1 Å². The predicted octanol–water partition coefficient (Wildman–Crippen LogP) is 4.65. The topological polar surface area (TPSA) is 74.1 Å². The number of aromatic nitrogens is 2. The van der Waals surface area contributed by atoms with Crippen LogP contribution in [-0.4, -0.2) is 36.6 Å². The Bertz CT molecular complexity index is 1190. The summed E-state index contributed by atoms with van der Waals surface area (Å²) in [5, 5.41) is 4.97. The first-order chi connectivity index (χ1) is 14.5. The summed E-state index contributed by atoms with van der Waals surface area (Å²) in [5.41, 5.74) is 4.11. The molecule has 0 saturated heterocycles. The molecule has 8 heteroatoms. The Labute approximate surface area is 177 Å². The summed E-state index contributed by atoms with van der Waals surface area (Å²) >= 11 is 1.61. The molecule has 7 nitrogen and oxygen atoms in total. The van der Waals surface area contributed by atoms with Crippen LogP contribution in [0.3, 0.4) is 0 Å². The standard InChI is InChI=1S/C22H21N3O4S/c1-13-12-30-22-24-17(11-25(13)22)14-5-7-16(8-6-14)23-21(26)15-9-18(27-2)20(29-4)19(10-15)28-3/h5-12H,1-4H3,(H,23,26). The molecule has 2 aromatic heterocycles. The number of thiazole rings is 1. The van der Waals surface area contributed by atoms with Gasteiger partial charge in [0.15, 0.2) is 16.5 Å². The number of carbonyl (C=O) groups excluding carboxylic acids is 1. The zero-order valence-electron chi connectivity index (χ0n) is 17.1. The van der Waals surface area contributed by atoms with E-state index < -0.39 is 0 Å². The Balaban J connectivity index is 1.55. The Morgan fingerprint density at radius 1 is 1.03 bits per heavy atom. The molecule has 1 N–H and O–H groups in total. The van der Waals surface area contributed by atoms with Gasteiger partial charge in [-0.15, -0.1) is 11.3 Å². The van der Waals surface area contributed by atoms with Crippen LogP contribution in [0.4, 0.5) is 5.69 Å². The second kappa shape index (κ2) is 8.08. The quantitative estimate of drug-likeness (QED) is 0.489. The van der Waals surface area contributed by atoms with Gasteiger partial charge in [0, 0.05) is 34.1 Å². The Kier molecular flexibility index (Phi) is 5.33. The van der Waals surface area contributed by atoms with E-state index in [-0.39, 0.29) is 5.91 Å². The average molecular weight is 423 g/mol. The van der Waals surface area contributed by atoms with Crippen molar-refractivity contribution in [2.45, 2.75) is 6.92 Å². The van der Waals surface area contributed by atoms with Gasteiger partial charge < -0.3 is 19.5 Å². The molecule has 0 atom stereocenters. The van der Waals surface area contributed by atoms with Crippen LogP contribution in [0.2, 0.25) is 0 Å². The van der Waals surface area contributed by atoms with Crippen molar-refractivity contribution in [3.05, 3.63) is 59.2 Å². The van der Waals surface area contributed by atoms with E-state index in [4.69, 9.17) is 14.2 Å². The number of amides is 1. The van der Waals surface area contributed by atoms with Crippen LogP contribution in [0.25, 0.3) is 16.2 Å². The van der Waals surface area contributed by atoms with Crippen molar-refractivity contribution in [3.63, 3.8) is 0 Å². The molecule has 154 valence electrons. The number of anilines is 1. The minimum atomic E-state index is -0.278. The summed E-state index contributed by atoms with van der Waals surface area (Å²) < 4.78 is 18.0. The molecule has 0 aliphatic heterocycles. The molecule has 4 aromatic rings. The third kappa shape index (κ3) is 3.57. The Morgan fingerprint density at radius 3 is 2.27 bits per heavy atom. The number of ether oxygens (including phenoxy) is 3. The fourth-order valence-electron chi connectivity index (χ4n) is 3.17. The van der Waals surface area contributed by atoms with Gasteiger partial charge in [-0.3, -0.25) is 9.20 Å². The predicted molar refractivity (Wildman–Crippen MR) is 117 cm³/mol. The molecule has 0 aliphatic rings. The van der Waals surface area contributed by atoms with Crippen LogP contribution in [0, 0.1) is 6.92 Å². The molecule has 0 radical (unpaired) electrons. The van der Waals surface area contributed by atoms with Crippen LogP contribution in [0.5, 0.6) is 17.2 Å². The van der Waals surface area contributed by atoms with Crippen LogP contribution in [0.1, 0.15) is 16.1 Å². The van der Waals surface area contributed by atoms with E-state index in [0.717, 1.165) is 21.9 Å². The Hall–Kier alpha value is -3.52. The molecule has 0 spiro atoms. The second-order valence-corrected chi connectivity index (χ2v) is 7.44. The molecule has 2 heterocycles. The van der Waals surface area contributed by atoms with Crippen molar-refractivity contribution in [1.82, 2.24) is 9.38 Å². The van der Waals surface area contributed by atoms with Gasteiger partial charge >= 0.3 is 0 Å². The van der Waals surface area contributed by atoms with Crippen LogP contribution >= 0.6 is 11.3 Å². The number of aryl methyl sites for hydroxylation is 1. The number of nitrogens with one attached hydrogen (secondary N) is 1. The lowest BCUT2D eigenvalue weighted by Crippen LogP contribution is -2.12. The number of nitrogens with zero attached hydrogens (tertiary/aromatic N) is 2. The van der Waals surface area contributed by atoms with Gasteiger partial charge in [-0.2, -0.15) is 0 Å². The summed E-state index contributed by atoms with van der Waals surface area (Å²) in [6.07, 6.45) is 2.02. The van der Waals surface area contributed by atoms with E-state index in [9.17, 15) is 4.79 Å². The number of fused-ring (bicyclic) bond motifs is 1. The lowest BCUT2D eigenvalue weighted by molar-refractivity contribution is 0.102. The van der Waals surface area contributed by atoms with Crippen molar-refractivity contribution in [2.24, 2.45) is 0 Å². The highest BCUT2D eigenvalue weighted by Gasteiger charge is 2.17. The first kappa shape index (κ1) is 19.8. The highest BCUT2D eigenvalue weighted by Crippen LogP contribution is 2.38. The number of carbonyl (C=O) groups is 1. The van der Waals surface area contributed by atoms with E-state index in [0.29, 0.717) is 28.5 Å². The van der Waals surface area contributed by atoms with Gasteiger partial charge in [-0.05, 0) is 31.2 Å². The number of imidazole rings is 1. The van der Waals surface area contributed by atoms with E-state index in [1.54, 1.807) is 23.5 Å². The highest BCUT2D eigenvalue weighted by molar-refractivity contribution is 7.15. The largest absolute Gasteiger partial charge is 0.493 e. The maximum absolute atomic E-state index is 12.7. The molecule has 0 aliphatic carbocycles. The van der Waals surface area contributed by atoms with Gasteiger partial charge in [0.1, 0.15) is 0 Å². The smallest absolute Gasteiger partial charge is 0.255 e. The molecule has 0 saturated carbocycles. The first-order valence-corrected chi connectivity index (χ1v) is 10.1. The monoisotopic (exact) mass is 423 g/mol. The first-order valence-electron chi connectivity index (χ1n) is 9.19. The molecule has 30 heavy (non-hydrogen) atoms. The molecule has 2 aromatic carbocycles. The normalized spacial score (nSPS) is 10.8. The summed E-state index contributed by atoms with van der Waals surface area (Å²) in [6, 6.07) is 10.8. The average Bonchev–Trinajstić information content (AvgIpc) is 3.35. The maximum atomic E-state index is 12.7. The zero-order valence-corrected chi connectivity index (χ0v) is 17.9. The maximum Gasteiger partial charge on any atom is 0.255 e. The summed E-state index contributed by atoms with van der Waals surface area (Å²) in [5.74, 6) is 1.01. The highest BCUT2D eigenvalue weighted by atomic mass is 32.1. The molecule has 0 bridgehead atoms. The fraction of sp³-hybridized carbons (Fsp3) is 0.182. The molecule has 4 rings (SSSR count). The molecule has 0 unspecified atom stereocenters. The summed E-state index contributed by atoms with van der Waals surface area (Å²) in [6.45, 7) is 2.05. The zero-order chi connectivity index (χ0) is 21.3. The fourth-order valence-corrected chi connectivity index (χ4v) is 4.02. The van der Waals surface area contributed by atoms with Gasteiger partial charge in [0.25, 0.3) is 5.91 Å². The number of benzene rings is 2.